The third kappa shape index (κ3) is 3.55. The summed E-state index contributed by atoms with van der Waals surface area (Å²) in [6.45, 7) is 0. The van der Waals surface area contributed by atoms with Crippen molar-refractivity contribution in [1.82, 2.24) is 0 Å². The number of ether oxygens (including phenoxy) is 3. The van der Waals surface area contributed by atoms with Gasteiger partial charge in [0.05, 0.1) is 17.7 Å². The molecule has 0 saturated carbocycles. The normalized spacial score (nSPS) is 13.5. The van der Waals surface area contributed by atoms with E-state index in [4.69, 9.17) is 25.8 Å². The van der Waals surface area contributed by atoms with Crippen molar-refractivity contribution in [1.29, 1.82) is 0 Å². The van der Waals surface area contributed by atoms with Crippen LogP contribution in [-0.4, -0.2) is 13.1 Å². The zero-order valence-electron chi connectivity index (χ0n) is 12.5. The quantitative estimate of drug-likeness (QED) is 0.598. The molecule has 124 valence electrons. The summed E-state index contributed by atoms with van der Waals surface area (Å²) in [7, 11) is 1.34. The van der Waals surface area contributed by atoms with Crippen molar-refractivity contribution in [2.24, 2.45) is 0 Å². The second-order valence-electron chi connectivity index (χ2n) is 4.77. The lowest BCUT2D eigenvalue weighted by atomic mass is 10.2. The van der Waals surface area contributed by atoms with Crippen molar-refractivity contribution in [2.45, 2.75) is 16.1 Å². The number of hydrogen-bond acceptors (Lipinski definition) is 5. The Morgan fingerprint density at radius 1 is 1.25 bits per heavy atom. The lowest BCUT2D eigenvalue weighted by Gasteiger charge is -2.16. The molecule has 0 fully saturated rings. The molecule has 0 aliphatic carbocycles. The molecule has 0 spiro atoms. The van der Waals surface area contributed by atoms with Crippen LogP contribution in [0, 0.1) is 0 Å². The number of esters is 1. The number of hydrogen-bond donors (Lipinski definition) is 0. The van der Waals surface area contributed by atoms with Crippen LogP contribution in [0.25, 0.3) is 0 Å². The van der Waals surface area contributed by atoms with E-state index < -0.39 is 12.3 Å². The van der Waals surface area contributed by atoms with Crippen LogP contribution < -0.4 is 0 Å². The predicted molar refractivity (Wildman–Crippen MR) is 95.1 cm³/mol. The van der Waals surface area contributed by atoms with E-state index in [1.165, 1.54) is 31.4 Å². The molecule has 3 rings (SSSR count). The highest BCUT2D eigenvalue weighted by molar-refractivity contribution is 9.10. The Balaban J connectivity index is 2.02. The topological polar surface area (TPSA) is 44.8 Å². The summed E-state index contributed by atoms with van der Waals surface area (Å²) >= 11 is 11.1. The van der Waals surface area contributed by atoms with Gasteiger partial charge in [-0.15, -0.1) is 0 Å². The van der Waals surface area contributed by atoms with Crippen molar-refractivity contribution in [2.75, 3.05) is 7.11 Å². The Morgan fingerprint density at radius 3 is 2.71 bits per heavy atom. The summed E-state index contributed by atoms with van der Waals surface area (Å²) in [6, 6.07) is 10.9. The fourth-order valence-corrected chi connectivity index (χ4v) is 3.90. The molecule has 0 aromatic heterocycles. The molecule has 1 aliphatic heterocycles. The zero-order chi connectivity index (χ0) is 17.1. The third-order valence-corrected chi connectivity index (χ3v) is 5.43. The maximum Gasteiger partial charge on any atom is 0.339 e. The van der Waals surface area contributed by atoms with Crippen molar-refractivity contribution in [3.05, 3.63) is 69.5 Å². The highest BCUT2D eigenvalue weighted by Gasteiger charge is 2.23. The molecule has 0 unspecified atom stereocenters. The van der Waals surface area contributed by atoms with E-state index >= 15 is 0 Å². The van der Waals surface area contributed by atoms with Crippen molar-refractivity contribution < 1.29 is 19.0 Å². The largest absolute Gasteiger partial charge is 0.465 e. The molecule has 1 heterocycles. The fourth-order valence-electron chi connectivity index (χ4n) is 2.18. The highest BCUT2D eigenvalue weighted by atomic mass is 79.9. The fraction of sp³-hybridized carbons (Fsp3) is 0.118. The summed E-state index contributed by atoms with van der Waals surface area (Å²) in [5.74, 6) is -0.436. The molecule has 1 aliphatic rings. The Morgan fingerprint density at radius 2 is 2.00 bits per heavy atom. The van der Waals surface area contributed by atoms with Gasteiger partial charge in [-0.05, 0) is 30.3 Å². The van der Waals surface area contributed by atoms with Crippen molar-refractivity contribution >= 4 is 45.3 Å². The van der Waals surface area contributed by atoms with Crippen LogP contribution >= 0.6 is 39.3 Å². The van der Waals surface area contributed by atoms with Crippen LogP contribution in [0.3, 0.4) is 0 Å². The molecule has 0 radical (unpaired) electrons. The van der Waals surface area contributed by atoms with Gasteiger partial charge in [-0.3, -0.25) is 0 Å². The molecule has 0 N–H and O–H groups in total. The van der Waals surface area contributed by atoms with E-state index in [1.807, 2.05) is 18.2 Å². The molecule has 0 bridgehead atoms. The molecule has 0 saturated heterocycles. The van der Waals surface area contributed by atoms with E-state index in [0.29, 0.717) is 15.5 Å². The maximum atomic E-state index is 12.0. The molecular weight excluding hydrogens is 416 g/mol. The van der Waals surface area contributed by atoms with Gasteiger partial charge in [0.25, 0.3) is 6.29 Å². The highest BCUT2D eigenvalue weighted by Crippen LogP contribution is 2.41. The minimum absolute atomic E-state index is 0.412. The number of benzene rings is 2. The number of methoxy groups -OCH3 is 1. The summed E-state index contributed by atoms with van der Waals surface area (Å²) in [5.41, 5.74) is 1.24. The van der Waals surface area contributed by atoms with E-state index in [9.17, 15) is 4.79 Å². The summed E-state index contributed by atoms with van der Waals surface area (Å²) in [5, 5.41) is 0.475. The minimum Gasteiger partial charge on any atom is -0.465 e. The smallest absolute Gasteiger partial charge is 0.339 e. The first-order valence-electron chi connectivity index (χ1n) is 6.90. The average Bonchev–Trinajstić information content (AvgIpc) is 3.11. The lowest BCUT2D eigenvalue weighted by Crippen LogP contribution is -2.04. The average molecular weight is 428 g/mol. The number of carbonyl (C=O) groups excluding carboxylic acids is 1. The van der Waals surface area contributed by atoms with Gasteiger partial charge in [-0.25, -0.2) is 4.79 Å². The van der Waals surface area contributed by atoms with Crippen LogP contribution in [0.1, 0.15) is 22.2 Å². The second-order valence-corrected chi connectivity index (χ2v) is 7.14. The Labute approximate surface area is 156 Å². The Hall–Kier alpha value is -1.63. The van der Waals surface area contributed by atoms with Gasteiger partial charge in [-0.2, -0.15) is 0 Å². The predicted octanol–water partition coefficient (Wildman–Crippen LogP) is 5.56. The van der Waals surface area contributed by atoms with Crippen LogP contribution in [0.2, 0.25) is 5.02 Å². The van der Waals surface area contributed by atoms with Gasteiger partial charge in [0.1, 0.15) is 12.5 Å². The van der Waals surface area contributed by atoms with Crippen LogP contribution in [0.5, 0.6) is 0 Å². The van der Waals surface area contributed by atoms with Crippen molar-refractivity contribution in [3.63, 3.8) is 0 Å². The Bertz CT molecular complexity index is 801. The molecule has 7 heteroatoms. The van der Waals surface area contributed by atoms with Gasteiger partial charge in [-0.1, -0.05) is 45.4 Å². The third-order valence-electron chi connectivity index (χ3n) is 3.27. The second kappa shape index (κ2) is 7.51. The van der Waals surface area contributed by atoms with E-state index in [-0.39, 0.29) is 0 Å². The van der Waals surface area contributed by atoms with Gasteiger partial charge in [0.2, 0.25) is 0 Å². The molecule has 2 aromatic carbocycles. The number of halogens is 2. The maximum absolute atomic E-state index is 12.0. The molecule has 2 aromatic rings. The lowest BCUT2D eigenvalue weighted by molar-refractivity contribution is -0.0266. The molecule has 4 nitrogen and oxygen atoms in total. The van der Waals surface area contributed by atoms with Gasteiger partial charge in [0.15, 0.2) is 0 Å². The minimum atomic E-state index is -0.533. The number of rotatable bonds is 4. The van der Waals surface area contributed by atoms with Gasteiger partial charge < -0.3 is 14.2 Å². The molecule has 0 atom stereocenters. The zero-order valence-corrected chi connectivity index (χ0v) is 15.7. The summed E-state index contributed by atoms with van der Waals surface area (Å²) < 4.78 is 16.6. The van der Waals surface area contributed by atoms with E-state index in [2.05, 4.69) is 15.9 Å². The molecule has 0 amide bonds. The monoisotopic (exact) mass is 426 g/mol. The van der Waals surface area contributed by atoms with E-state index in [1.54, 1.807) is 18.2 Å². The molecular formula is C17H12BrClO4S. The van der Waals surface area contributed by atoms with Crippen molar-refractivity contribution in [3.8, 4) is 0 Å². The standard InChI is InChI=1S/C17H12BrClO4S/c1-21-16(20)11-3-2-4-13(19)15(11)24-14-6-5-10(18)9-12(14)17-22-7-8-23-17/h2-9,17H,1H3. The first-order valence-corrected chi connectivity index (χ1v) is 8.89. The summed E-state index contributed by atoms with van der Waals surface area (Å²) in [6.07, 6.45) is 2.46. The van der Waals surface area contributed by atoms with Crippen LogP contribution in [0.4, 0.5) is 0 Å². The SMILES string of the molecule is COC(=O)c1cccc(Cl)c1Sc1ccc(Br)cc1C1OC=CO1. The Kier molecular flexibility index (Phi) is 5.38. The van der Waals surface area contributed by atoms with Crippen LogP contribution in [-0.2, 0) is 14.2 Å². The van der Waals surface area contributed by atoms with Gasteiger partial charge >= 0.3 is 5.97 Å². The van der Waals surface area contributed by atoms with Gasteiger partial charge in [0, 0.05) is 19.8 Å². The summed E-state index contributed by atoms with van der Waals surface area (Å²) in [4.78, 5) is 13.5. The number of carbonyl (C=O) groups is 1. The van der Waals surface area contributed by atoms with E-state index in [0.717, 1.165) is 14.9 Å². The van der Waals surface area contributed by atoms with Crippen LogP contribution in [0.15, 0.2) is 63.2 Å². The molecule has 24 heavy (non-hydrogen) atoms. The first-order chi connectivity index (χ1) is 11.6. The first kappa shape index (κ1) is 17.2.